The van der Waals surface area contributed by atoms with Gasteiger partial charge in [0, 0.05) is 16.5 Å². The van der Waals surface area contributed by atoms with Crippen LogP contribution in [-0.4, -0.2) is 13.1 Å². The summed E-state index contributed by atoms with van der Waals surface area (Å²) in [6.45, 7) is 19.6. The van der Waals surface area contributed by atoms with Crippen LogP contribution in [0.2, 0.25) is 0 Å². The molecule has 0 bridgehead atoms. The first-order valence-electron chi connectivity index (χ1n) is 14.7. The maximum absolute atomic E-state index is 7.52. The molecule has 0 saturated carbocycles. The molecule has 3 nitrogen and oxygen atoms in total. The number of aromatic nitrogens is 1. The average Bonchev–Trinajstić information content (AvgIpc) is 3.32. The van der Waals surface area contributed by atoms with Crippen molar-refractivity contribution in [2.75, 3.05) is 0 Å². The van der Waals surface area contributed by atoms with Crippen LogP contribution in [0.15, 0.2) is 140 Å². The van der Waals surface area contributed by atoms with E-state index in [0.717, 1.165) is 17.0 Å². The third-order valence-electron chi connectivity index (χ3n) is 9.06. The number of rotatable bonds is 5. The molecule has 1 aliphatic rings. The first kappa shape index (κ1) is 27.3. The van der Waals surface area contributed by atoms with Gasteiger partial charge in [0.05, 0.1) is 24.5 Å². The van der Waals surface area contributed by atoms with Gasteiger partial charge in [-0.2, -0.15) is 0 Å². The Bertz CT molecular complexity index is 2020. The fourth-order valence-electron chi connectivity index (χ4n) is 6.86. The normalized spacial score (nSPS) is 12.9. The minimum absolute atomic E-state index is 0.160. The van der Waals surface area contributed by atoms with Crippen LogP contribution >= 0.6 is 0 Å². The predicted octanol–water partition coefficient (Wildman–Crippen LogP) is 7.53. The van der Waals surface area contributed by atoms with Crippen molar-refractivity contribution >= 4 is 40.2 Å². The molecule has 1 aromatic heterocycles. The first-order valence-corrected chi connectivity index (χ1v) is 16.7. The summed E-state index contributed by atoms with van der Waals surface area (Å²) in [6, 6.07) is 48.7. The molecule has 6 aromatic rings. The molecular weight excluding hydrogens is 551 g/mol. The molecule has 7 rings (SSSR count). The average molecular weight is 580 g/mol. The van der Waals surface area contributed by atoms with Crippen LogP contribution in [0.4, 0.5) is 11.4 Å². The Hall–Kier alpha value is -5.55. The maximum Gasteiger partial charge on any atom is 0.187 e. The molecule has 0 atom stereocenters. The molecule has 0 aliphatic heterocycles. The minimum Gasteiger partial charge on any atom is -0.251 e. The van der Waals surface area contributed by atoms with Crippen molar-refractivity contribution in [1.29, 1.82) is 0 Å². The van der Waals surface area contributed by atoms with Gasteiger partial charge in [-0.25, -0.2) is 9.69 Å². The van der Waals surface area contributed by atoms with Gasteiger partial charge in [-0.15, -0.1) is 0 Å². The first-order chi connectivity index (χ1) is 21.5. The molecule has 0 spiro atoms. The van der Waals surface area contributed by atoms with E-state index in [-0.39, 0.29) is 5.41 Å². The van der Waals surface area contributed by atoms with Gasteiger partial charge >= 0.3 is 0 Å². The van der Waals surface area contributed by atoms with E-state index >= 15 is 0 Å². The van der Waals surface area contributed by atoms with E-state index < -0.39 is 8.07 Å². The van der Waals surface area contributed by atoms with Crippen molar-refractivity contribution in [1.82, 2.24) is 4.98 Å². The largest absolute Gasteiger partial charge is 0.251 e. The van der Waals surface area contributed by atoms with Gasteiger partial charge in [0.2, 0.25) is 0 Å². The third-order valence-corrected chi connectivity index (χ3v) is 13.9. The van der Waals surface area contributed by atoms with Crippen molar-refractivity contribution in [3.63, 3.8) is 0 Å². The summed E-state index contributed by atoms with van der Waals surface area (Å²) in [5, 5.41) is 4.85. The fraction of sp³-hybridized carbons (Fsp3) is 0.0750. The van der Waals surface area contributed by atoms with Gasteiger partial charge in [-0.05, 0) is 37.9 Å². The Labute approximate surface area is 259 Å². The van der Waals surface area contributed by atoms with E-state index in [0.29, 0.717) is 11.4 Å². The molecule has 0 saturated heterocycles. The van der Waals surface area contributed by atoms with Crippen LogP contribution in [0.1, 0.15) is 25.1 Å². The Morgan fingerprint density at radius 1 is 0.523 bits per heavy atom. The van der Waals surface area contributed by atoms with E-state index in [9.17, 15) is 0 Å². The quantitative estimate of drug-likeness (QED) is 0.118. The summed E-state index contributed by atoms with van der Waals surface area (Å²) in [6.07, 6.45) is 0. The lowest BCUT2D eigenvalue weighted by Crippen LogP contribution is -2.74. The van der Waals surface area contributed by atoms with Crippen molar-refractivity contribution in [2.45, 2.75) is 19.3 Å². The fourth-order valence-corrected chi connectivity index (χ4v) is 11.5. The molecule has 4 heteroatoms. The summed E-state index contributed by atoms with van der Waals surface area (Å²) in [7, 11) is -2.80. The summed E-state index contributed by atoms with van der Waals surface area (Å²) in [5.74, 6) is 0. The third kappa shape index (κ3) is 4.20. The van der Waals surface area contributed by atoms with Crippen LogP contribution < -0.4 is 20.7 Å². The van der Waals surface area contributed by atoms with Crippen molar-refractivity contribution in [3.8, 4) is 22.4 Å². The van der Waals surface area contributed by atoms with Crippen LogP contribution in [0, 0.1) is 13.1 Å². The maximum atomic E-state index is 7.52. The lowest BCUT2D eigenvalue weighted by molar-refractivity contribution is 0.638. The van der Waals surface area contributed by atoms with Gasteiger partial charge in [0.25, 0.3) is 0 Å². The monoisotopic (exact) mass is 579 g/mol. The van der Waals surface area contributed by atoms with Gasteiger partial charge in [0.15, 0.2) is 19.4 Å². The van der Waals surface area contributed by atoms with Crippen LogP contribution in [0.25, 0.3) is 32.1 Å². The Morgan fingerprint density at radius 2 is 1.02 bits per heavy atom. The Kier molecular flexibility index (Phi) is 6.59. The smallest absolute Gasteiger partial charge is 0.187 e. The van der Waals surface area contributed by atoms with Gasteiger partial charge in [-0.1, -0.05) is 147 Å². The number of nitrogens with zero attached hydrogens (tertiary/aromatic N) is 3. The molecule has 0 unspecified atom stereocenters. The molecular formula is C40H29N3Si. The van der Waals surface area contributed by atoms with Crippen molar-refractivity contribution in [2.24, 2.45) is 0 Å². The summed E-state index contributed by atoms with van der Waals surface area (Å²) >= 11 is 0. The number of fused-ring (bicyclic) bond motifs is 3. The highest BCUT2D eigenvalue weighted by Gasteiger charge is 2.41. The minimum atomic E-state index is -2.80. The second-order valence-electron chi connectivity index (χ2n) is 11.8. The highest BCUT2D eigenvalue weighted by molar-refractivity contribution is 7.19. The SMILES string of the molecule is [C-]#[N+]c1ccc([Si](c2ccccc2)(c2ccc([N+]#[C-])cc2)c2ccc(-c3ccc4c(n3)C(C)(C)c3ccccc3-4)cc2)cc1. The standard InChI is InChI=1S/C40H29N3Si/c1-40(2)37-13-9-8-12-35(37)36-26-27-38(43-39(36)40)28-14-20-32(21-15-28)44(31-10-6-5-7-11-31,33-22-16-29(41-3)17-23-33)34-24-18-30(42-4)19-25-34/h5-27H,1-2H3. The lowest BCUT2D eigenvalue weighted by atomic mass is 9.85. The topological polar surface area (TPSA) is 21.6 Å². The van der Waals surface area contributed by atoms with E-state index in [1.54, 1.807) is 0 Å². The second kappa shape index (κ2) is 10.6. The zero-order valence-corrected chi connectivity index (χ0v) is 25.6. The number of hydrogen-bond acceptors (Lipinski definition) is 1. The molecule has 5 aromatic carbocycles. The zero-order valence-electron chi connectivity index (χ0n) is 24.6. The summed E-state index contributed by atoms with van der Waals surface area (Å²) in [4.78, 5) is 12.6. The van der Waals surface area contributed by atoms with E-state index in [1.807, 2.05) is 24.3 Å². The lowest BCUT2D eigenvalue weighted by Gasteiger charge is -2.34. The summed E-state index contributed by atoms with van der Waals surface area (Å²) in [5.41, 5.74) is 8.05. The highest BCUT2D eigenvalue weighted by Crippen LogP contribution is 2.47. The molecule has 1 aliphatic carbocycles. The van der Waals surface area contributed by atoms with Gasteiger partial charge in [0.1, 0.15) is 0 Å². The predicted molar refractivity (Wildman–Crippen MR) is 183 cm³/mol. The van der Waals surface area contributed by atoms with Gasteiger partial charge < -0.3 is 0 Å². The van der Waals surface area contributed by atoms with Crippen LogP contribution in [0.3, 0.4) is 0 Å². The molecule has 0 fully saturated rings. The highest BCUT2D eigenvalue weighted by atomic mass is 28.3. The Morgan fingerprint density at radius 3 is 1.59 bits per heavy atom. The Balaban J connectivity index is 1.40. The molecule has 0 amide bonds. The molecule has 44 heavy (non-hydrogen) atoms. The number of hydrogen-bond donors (Lipinski definition) is 0. The van der Waals surface area contributed by atoms with Crippen LogP contribution in [-0.2, 0) is 5.41 Å². The van der Waals surface area contributed by atoms with E-state index in [2.05, 4.69) is 139 Å². The van der Waals surface area contributed by atoms with Crippen molar-refractivity contribution in [3.05, 3.63) is 174 Å². The summed E-state index contributed by atoms with van der Waals surface area (Å²) < 4.78 is 0. The second-order valence-corrected chi connectivity index (χ2v) is 15.6. The molecule has 0 N–H and O–H groups in total. The molecule has 0 radical (unpaired) electrons. The molecule has 208 valence electrons. The molecule has 1 heterocycles. The number of pyridine rings is 1. The van der Waals surface area contributed by atoms with E-state index in [4.69, 9.17) is 18.1 Å². The van der Waals surface area contributed by atoms with Crippen LogP contribution in [0.5, 0.6) is 0 Å². The zero-order chi connectivity index (χ0) is 30.3. The van der Waals surface area contributed by atoms with Crippen molar-refractivity contribution < 1.29 is 0 Å². The number of benzene rings is 5. The van der Waals surface area contributed by atoms with Gasteiger partial charge in [-0.3, -0.25) is 4.98 Å². The van der Waals surface area contributed by atoms with E-state index in [1.165, 1.54) is 37.4 Å².